The number of rotatable bonds is 1. The number of carbonyl (C=O) groups is 2. The zero-order valence-electron chi connectivity index (χ0n) is 9.27. The Balaban J connectivity index is 1.99. The summed E-state index contributed by atoms with van der Waals surface area (Å²) in [6.45, 7) is 4.00. The van der Waals surface area contributed by atoms with Gasteiger partial charge in [-0.15, -0.1) is 0 Å². The number of carbonyl (C=O) groups excluding carboxylic acids is 2. The highest BCUT2D eigenvalue weighted by Gasteiger charge is 2.34. The van der Waals surface area contributed by atoms with Crippen LogP contribution in [-0.2, 0) is 19.1 Å². The summed E-state index contributed by atoms with van der Waals surface area (Å²) in [5, 5.41) is 2.71. The lowest BCUT2D eigenvalue weighted by molar-refractivity contribution is -0.163. The summed E-state index contributed by atoms with van der Waals surface area (Å²) in [5.74, 6) is -0.265. The fourth-order valence-electron chi connectivity index (χ4n) is 1.90. The number of nitrogens with one attached hydrogen (secondary N) is 1. The van der Waals surface area contributed by atoms with Crippen molar-refractivity contribution in [3.8, 4) is 0 Å². The molecule has 2 atom stereocenters. The maximum atomic E-state index is 12.1. The third kappa shape index (κ3) is 2.17. The Labute approximate surface area is 93.9 Å². The molecule has 0 spiro atoms. The van der Waals surface area contributed by atoms with Crippen LogP contribution in [0.4, 0.5) is 0 Å². The number of amides is 2. The highest BCUT2D eigenvalue weighted by molar-refractivity contribution is 5.90. The lowest BCUT2D eigenvalue weighted by Gasteiger charge is -2.35. The van der Waals surface area contributed by atoms with Crippen LogP contribution in [0.5, 0.6) is 0 Å². The van der Waals surface area contributed by atoms with Gasteiger partial charge in [-0.1, -0.05) is 0 Å². The van der Waals surface area contributed by atoms with Crippen LogP contribution in [0.25, 0.3) is 0 Å². The molecule has 6 nitrogen and oxygen atoms in total. The predicted molar refractivity (Wildman–Crippen MR) is 54.7 cm³/mol. The second kappa shape index (κ2) is 4.80. The molecule has 0 radical (unpaired) electrons. The van der Waals surface area contributed by atoms with E-state index in [-0.39, 0.29) is 18.4 Å². The maximum absolute atomic E-state index is 12.1. The van der Waals surface area contributed by atoms with Crippen molar-refractivity contribution in [3.63, 3.8) is 0 Å². The van der Waals surface area contributed by atoms with Crippen molar-refractivity contribution in [3.05, 3.63) is 0 Å². The first-order valence-electron chi connectivity index (χ1n) is 5.47. The van der Waals surface area contributed by atoms with Gasteiger partial charge in [-0.05, 0) is 6.92 Å². The molecule has 2 aliphatic rings. The number of piperazine rings is 1. The van der Waals surface area contributed by atoms with E-state index in [1.165, 1.54) is 0 Å². The van der Waals surface area contributed by atoms with Crippen molar-refractivity contribution in [1.82, 2.24) is 10.2 Å². The van der Waals surface area contributed by atoms with Gasteiger partial charge in [0.15, 0.2) is 6.10 Å². The molecule has 0 aromatic heterocycles. The molecule has 2 amide bonds. The molecule has 2 aliphatic heterocycles. The van der Waals surface area contributed by atoms with Gasteiger partial charge in [0, 0.05) is 13.1 Å². The molecule has 2 saturated heterocycles. The first-order valence-corrected chi connectivity index (χ1v) is 5.47. The van der Waals surface area contributed by atoms with Gasteiger partial charge in [0.25, 0.3) is 5.91 Å². The van der Waals surface area contributed by atoms with Gasteiger partial charge in [-0.3, -0.25) is 9.59 Å². The Kier molecular flexibility index (Phi) is 3.40. The van der Waals surface area contributed by atoms with E-state index in [9.17, 15) is 9.59 Å². The van der Waals surface area contributed by atoms with Gasteiger partial charge in [-0.2, -0.15) is 0 Å². The fourth-order valence-corrected chi connectivity index (χ4v) is 1.90. The first-order chi connectivity index (χ1) is 7.70. The van der Waals surface area contributed by atoms with Crippen LogP contribution in [0, 0.1) is 0 Å². The molecule has 2 fully saturated rings. The Morgan fingerprint density at radius 3 is 3.00 bits per heavy atom. The minimum Gasteiger partial charge on any atom is -0.376 e. The molecule has 2 unspecified atom stereocenters. The van der Waals surface area contributed by atoms with Gasteiger partial charge < -0.3 is 19.7 Å². The molecular formula is C10H16N2O4. The predicted octanol–water partition coefficient (Wildman–Crippen LogP) is -1.25. The van der Waals surface area contributed by atoms with Crippen LogP contribution in [0.1, 0.15) is 6.92 Å². The minimum atomic E-state index is -0.554. The second-order valence-corrected chi connectivity index (χ2v) is 3.93. The molecular weight excluding hydrogens is 212 g/mol. The van der Waals surface area contributed by atoms with Crippen LogP contribution in [0.3, 0.4) is 0 Å². The molecule has 0 aromatic carbocycles. The average Bonchev–Trinajstić information content (AvgIpc) is 2.33. The summed E-state index contributed by atoms with van der Waals surface area (Å²) >= 11 is 0. The van der Waals surface area contributed by atoms with Crippen molar-refractivity contribution < 1.29 is 19.1 Å². The van der Waals surface area contributed by atoms with E-state index >= 15 is 0 Å². The molecule has 16 heavy (non-hydrogen) atoms. The van der Waals surface area contributed by atoms with E-state index in [1.54, 1.807) is 11.8 Å². The SMILES string of the molecule is CC1C(=O)NCCN1C(=O)C1COCCO1. The van der Waals surface area contributed by atoms with Crippen molar-refractivity contribution in [2.75, 3.05) is 32.9 Å². The lowest BCUT2D eigenvalue weighted by Crippen LogP contribution is -2.59. The zero-order valence-corrected chi connectivity index (χ0v) is 9.27. The molecule has 0 bridgehead atoms. The average molecular weight is 228 g/mol. The minimum absolute atomic E-state index is 0.115. The molecule has 2 heterocycles. The Hall–Kier alpha value is -1.14. The lowest BCUT2D eigenvalue weighted by atomic mass is 10.1. The van der Waals surface area contributed by atoms with E-state index in [0.717, 1.165) is 0 Å². The molecule has 2 rings (SSSR count). The fraction of sp³-hybridized carbons (Fsp3) is 0.800. The summed E-state index contributed by atoms with van der Waals surface area (Å²) in [6.07, 6.45) is -0.554. The van der Waals surface area contributed by atoms with Crippen LogP contribution >= 0.6 is 0 Å². The number of hydrogen-bond donors (Lipinski definition) is 1. The number of ether oxygens (including phenoxy) is 2. The van der Waals surface area contributed by atoms with Crippen molar-refractivity contribution in [1.29, 1.82) is 0 Å². The second-order valence-electron chi connectivity index (χ2n) is 3.93. The van der Waals surface area contributed by atoms with Crippen LogP contribution in [0.15, 0.2) is 0 Å². The summed E-state index contributed by atoms with van der Waals surface area (Å²) < 4.78 is 10.5. The van der Waals surface area contributed by atoms with E-state index < -0.39 is 12.1 Å². The van der Waals surface area contributed by atoms with E-state index in [2.05, 4.69) is 5.32 Å². The Morgan fingerprint density at radius 1 is 1.50 bits per heavy atom. The van der Waals surface area contributed by atoms with Gasteiger partial charge in [0.1, 0.15) is 6.04 Å². The zero-order chi connectivity index (χ0) is 11.5. The van der Waals surface area contributed by atoms with Crippen LogP contribution in [-0.4, -0.2) is 61.8 Å². The molecule has 1 N–H and O–H groups in total. The molecule has 0 aliphatic carbocycles. The summed E-state index contributed by atoms with van der Waals surface area (Å²) in [4.78, 5) is 25.0. The summed E-state index contributed by atoms with van der Waals surface area (Å²) in [7, 11) is 0. The standard InChI is InChI=1S/C10H16N2O4/c1-7-9(13)11-2-3-12(7)10(14)8-6-15-4-5-16-8/h7-8H,2-6H2,1H3,(H,11,13). The highest BCUT2D eigenvalue weighted by Crippen LogP contribution is 2.10. The van der Waals surface area contributed by atoms with Crippen molar-refractivity contribution >= 4 is 11.8 Å². The summed E-state index contributed by atoms with van der Waals surface area (Å²) in [5.41, 5.74) is 0. The molecule has 0 saturated carbocycles. The molecule has 90 valence electrons. The van der Waals surface area contributed by atoms with Gasteiger partial charge in [0.2, 0.25) is 5.91 Å². The van der Waals surface area contributed by atoms with Gasteiger partial charge in [0.05, 0.1) is 19.8 Å². The number of nitrogens with zero attached hydrogens (tertiary/aromatic N) is 1. The van der Waals surface area contributed by atoms with Crippen molar-refractivity contribution in [2.45, 2.75) is 19.1 Å². The van der Waals surface area contributed by atoms with E-state index in [1.807, 2.05) is 0 Å². The Morgan fingerprint density at radius 2 is 2.31 bits per heavy atom. The maximum Gasteiger partial charge on any atom is 0.254 e. The van der Waals surface area contributed by atoms with Gasteiger partial charge >= 0.3 is 0 Å². The normalized spacial score (nSPS) is 31.1. The van der Waals surface area contributed by atoms with Gasteiger partial charge in [-0.25, -0.2) is 0 Å². The quantitative estimate of drug-likeness (QED) is 0.609. The monoisotopic (exact) mass is 228 g/mol. The smallest absolute Gasteiger partial charge is 0.254 e. The third-order valence-corrected chi connectivity index (χ3v) is 2.87. The first kappa shape index (κ1) is 11.3. The van der Waals surface area contributed by atoms with Crippen molar-refractivity contribution in [2.24, 2.45) is 0 Å². The summed E-state index contributed by atoms with van der Waals surface area (Å²) in [6, 6.07) is -0.424. The highest BCUT2D eigenvalue weighted by atomic mass is 16.6. The van der Waals surface area contributed by atoms with E-state index in [0.29, 0.717) is 26.3 Å². The molecule has 0 aromatic rings. The topological polar surface area (TPSA) is 67.9 Å². The number of hydrogen-bond acceptors (Lipinski definition) is 4. The van der Waals surface area contributed by atoms with Crippen LogP contribution in [0.2, 0.25) is 0 Å². The van der Waals surface area contributed by atoms with Crippen LogP contribution < -0.4 is 5.32 Å². The third-order valence-electron chi connectivity index (χ3n) is 2.87. The molecule has 6 heteroatoms. The Bertz CT molecular complexity index is 289. The largest absolute Gasteiger partial charge is 0.376 e. The van der Waals surface area contributed by atoms with E-state index in [4.69, 9.17) is 9.47 Å².